The van der Waals surface area contributed by atoms with E-state index in [1.807, 2.05) is 0 Å². The molecule has 4 heteroatoms. The first-order chi connectivity index (χ1) is 4.65. The average molecular weight is 130 g/mol. The molecule has 0 aliphatic rings. The van der Waals surface area contributed by atoms with Crippen molar-refractivity contribution in [2.24, 2.45) is 0 Å². The Bertz CT molecular complexity index is 166. The first-order valence-corrected chi connectivity index (χ1v) is 1.59. The van der Waals surface area contributed by atoms with E-state index in [1.54, 1.807) is 0 Å². The van der Waals surface area contributed by atoms with Gasteiger partial charge in [0, 0.05) is 15.3 Å². The van der Waals surface area contributed by atoms with E-state index in [2.05, 4.69) is 0 Å². The van der Waals surface area contributed by atoms with Gasteiger partial charge in [0.15, 0.2) is 0 Å². The molecule has 0 atom stereocenters. The SMILES string of the molecule is [2H]C([2H])(O)CC([2H])([2H])C(=O)[O-].[Na+]. The smallest absolute Gasteiger partial charge is 0.550 e. The predicted octanol–water partition coefficient (Wildman–Crippen LogP) is -4.49. The minimum Gasteiger partial charge on any atom is -0.550 e. The van der Waals surface area contributed by atoms with Gasteiger partial charge in [-0.15, -0.1) is 0 Å². The van der Waals surface area contributed by atoms with Crippen LogP contribution in [0.3, 0.4) is 0 Å². The van der Waals surface area contributed by atoms with Crippen molar-refractivity contribution >= 4 is 5.97 Å². The molecule has 0 aliphatic carbocycles. The van der Waals surface area contributed by atoms with Gasteiger partial charge in [0.05, 0.1) is 2.74 Å². The van der Waals surface area contributed by atoms with Gasteiger partial charge in [-0.2, -0.15) is 0 Å². The fourth-order valence-electron chi connectivity index (χ4n) is 0.112. The minimum absolute atomic E-state index is 0. The van der Waals surface area contributed by atoms with Gasteiger partial charge in [0.1, 0.15) is 0 Å². The van der Waals surface area contributed by atoms with Gasteiger partial charge in [-0.3, -0.25) is 0 Å². The van der Waals surface area contributed by atoms with E-state index in [1.165, 1.54) is 0 Å². The van der Waals surface area contributed by atoms with Crippen LogP contribution in [-0.4, -0.2) is 17.6 Å². The number of carbonyl (C=O) groups is 1. The van der Waals surface area contributed by atoms with Crippen LogP contribution < -0.4 is 34.7 Å². The number of carboxylic acid groups (broad SMARTS) is 1. The number of carbonyl (C=O) groups excluding carboxylic acids is 1. The summed E-state index contributed by atoms with van der Waals surface area (Å²) in [5, 5.41) is 18.3. The molecule has 42 valence electrons. The van der Waals surface area contributed by atoms with Crippen LogP contribution in [0.15, 0.2) is 0 Å². The van der Waals surface area contributed by atoms with E-state index < -0.39 is 25.3 Å². The van der Waals surface area contributed by atoms with Crippen LogP contribution in [0.25, 0.3) is 0 Å². The van der Waals surface area contributed by atoms with Crippen molar-refractivity contribution in [2.75, 3.05) is 6.56 Å². The van der Waals surface area contributed by atoms with Gasteiger partial charge < -0.3 is 15.0 Å². The average Bonchev–Trinajstić information content (AvgIpc) is 1.56. The van der Waals surface area contributed by atoms with Crippen LogP contribution >= 0.6 is 0 Å². The van der Waals surface area contributed by atoms with E-state index in [0.717, 1.165) is 0 Å². The van der Waals surface area contributed by atoms with Crippen LogP contribution in [-0.2, 0) is 4.79 Å². The standard InChI is InChI=1S/C4H8O3.Na/c5-3-1-2-4(6)7;/h5H,1-3H2,(H,6,7);/q;+1/p-1/i2D2,3D2;. The van der Waals surface area contributed by atoms with Gasteiger partial charge in [0.2, 0.25) is 0 Å². The molecule has 0 aromatic heterocycles. The summed E-state index contributed by atoms with van der Waals surface area (Å²) in [6.07, 6.45) is -3.97. The maximum Gasteiger partial charge on any atom is 1.00 e. The minimum atomic E-state index is -2.84. The molecule has 0 unspecified atom stereocenters. The molecule has 0 aromatic rings. The second-order valence-corrected chi connectivity index (χ2v) is 0.799. The van der Waals surface area contributed by atoms with Crippen molar-refractivity contribution < 1.29 is 50.0 Å². The molecule has 0 fully saturated rings. The molecule has 0 amide bonds. The van der Waals surface area contributed by atoms with Gasteiger partial charge in [0.25, 0.3) is 0 Å². The molecule has 0 saturated heterocycles. The van der Waals surface area contributed by atoms with E-state index >= 15 is 0 Å². The number of hydrogen-bond acceptors (Lipinski definition) is 3. The molecule has 0 radical (unpaired) electrons. The van der Waals surface area contributed by atoms with Crippen molar-refractivity contribution in [1.82, 2.24) is 0 Å². The summed E-state index contributed by atoms with van der Waals surface area (Å²) < 4.78 is 26.2. The van der Waals surface area contributed by atoms with Crippen LogP contribution in [0, 0.1) is 0 Å². The Hall–Kier alpha value is 0.430. The van der Waals surface area contributed by atoms with E-state index in [0.29, 0.717) is 0 Å². The number of rotatable bonds is 3. The summed E-state index contributed by atoms with van der Waals surface area (Å²) in [5.41, 5.74) is 0. The fraction of sp³-hybridized carbons (Fsp3) is 0.750. The molecule has 0 bridgehead atoms. The Morgan fingerprint density at radius 2 is 2.38 bits per heavy atom. The summed E-state index contributed by atoms with van der Waals surface area (Å²) in [6.45, 7) is -2.83. The third-order valence-electron chi connectivity index (χ3n) is 0.312. The van der Waals surface area contributed by atoms with Gasteiger partial charge >= 0.3 is 29.6 Å². The third kappa shape index (κ3) is 9.66. The van der Waals surface area contributed by atoms with Crippen molar-refractivity contribution in [2.45, 2.75) is 12.8 Å². The summed E-state index contributed by atoms with van der Waals surface area (Å²) in [7, 11) is 0. The molecule has 0 heterocycles. The van der Waals surface area contributed by atoms with E-state index in [9.17, 15) is 9.90 Å². The summed E-state index contributed by atoms with van der Waals surface area (Å²) in [5.74, 6) is -2.03. The number of hydrogen-bond donors (Lipinski definition) is 1. The van der Waals surface area contributed by atoms with Gasteiger partial charge in [-0.05, 0) is 12.8 Å². The Morgan fingerprint density at radius 3 is 2.50 bits per heavy atom. The van der Waals surface area contributed by atoms with Gasteiger partial charge in [-0.25, -0.2) is 0 Å². The Balaban J connectivity index is 0. The Labute approximate surface area is 75.6 Å². The monoisotopic (exact) mass is 130 g/mol. The van der Waals surface area contributed by atoms with Crippen LogP contribution in [0.2, 0.25) is 0 Å². The number of aliphatic carboxylic acids is 1. The van der Waals surface area contributed by atoms with Gasteiger partial charge in [-0.1, -0.05) is 0 Å². The molecule has 0 saturated carbocycles. The quantitative estimate of drug-likeness (QED) is 0.392. The second kappa shape index (κ2) is 7.43. The molecule has 0 rings (SSSR count). The zero-order valence-corrected chi connectivity index (χ0v) is 6.47. The predicted molar refractivity (Wildman–Crippen MR) is 21.3 cm³/mol. The topological polar surface area (TPSA) is 60.4 Å². The normalized spacial score (nSPS) is 18.6. The number of aliphatic hydroxyl groups is 1. The maximum atomic E-state index is 9.93. The summed E-state index contributed by atoms with van der Waals surface area (Å²) in [6, 6.07) is 0. The second-order valence-electron chi connectivity index (χ2n) is 0.799. The molecule has 0 aromatic carbocycles. The fourth-order valence-corrected chi connectivity index (χ4v) is 0.112. The Kier molecular flexibility index (Phi) is 3.97. The molecular formula is C4H7NaO3. The van der Waals surface area contributed by atoms with Crippen molar-refractivity contribution in [3.05, 3.63) is 0 Å². The molecule has 1 N–H and O–H groups in total. The Morgan fingerprint density at radius 1 is 1.88 bits per heavy atom. The third-order valence-corrected chi connectivity index (χ3v) is 0.312. The van der Waals surface area contributed by atoms with Crippen LogP contribution in [0.5, 0.6) is 0 Å². The van der Waals surface area contributed by atoms with Crippen molar-refractivity contribution in [1.29, 1.82) is 0 Å². The molecule has 3 nitrogen and oxygen atoms in total. The first kappa shape index (κ1) is 4.28. The molecule has 0 spiro atoms. The van der Waals surface area contributed by atoms with Crippen LogP contribution in [0.1, 0.15) is 18.3 Å². The van der Waals surface area contributed by atoms with E-state index in [4.69, 9.17) is 10.6 Å². The van der Waals surface area contributed by atoms with E-state index in [-0.39, 0.29) is 29.6 Å². The first-order valence-electron chi connectivity index (χ1n) is 3.59. The number of carboxylic acids is 1. The van der Waals surface area contributed by atoms with Crippen LogP contribution in [0.4, 0.5) is 0 Å². The molecule has 8 heavy (non-hydrogen) atoms. The summed E-state index contributed by atoms with van der Waals surface area (Å²) >= 11 is 0. The maximum absolute atomic E-state index is 9.93. The summed E-state index contributed by atoms with van der Waals surface area (Å²) in [4.78, 5) is 9.93. The molecular weight excluding hydrogens is 119 g/mol. The van der Waals surface area contributed by atoms with Crippen molar-refractivity contribution in [3.63, 3.8) is 0 Å². The zero-order chi connectivity index (χ0) is 9.28. The molecule has 0 aliphatic heterocycles. The zero-order valence-electron chi connectivity index (χ0n) is 8.47. The van der Waals surface area contributed by atoms with Crippen molar-refractivity contribution in [3.8, 4) is 0 Å². The largest absolute Gasteiger partial charge is 1.00 e.